The fourth-order valence-electron chi connectivity index (χ4n) is 2.03. The number of hydrogen-bond acceptors (Lipinski definition) is 3. The van der Waals surface area contributed by atoms with Gasteiger partial charge in [-0.15, -0.1) is 0 Å². The van der Waals surface area contributed by atoms with E-state index in [4.69, 9.17) is 9.84 Å². The van der Waals surface area contributed by atoms with Crippen molar-refractivity contribution in [2.75, 3.05) is 18.1 Å². The van der Waals surface area contributed by atoms with E-state index in [1.54, 1.807) is 11.0 Å². The Morgan fingerprint density at radius 2 is 2.22 bits per heavy atom. The lowest BCUT2D eigenvalue weighted by Crippen LogP contribution is -2.24. The third kappa shape index (κ3) is 2.45. The summed E-state index contributed by atoms with van der Waals surface area (Å²) in [6.07, 6.45) is 1.32. The van der Waals surface area contributed by atoms with Gasteiger partial charge in [0.25, 0.3) is 0 Å². The smallest absolute Gasteiger partial charge is 0.335 e. The predicted molar refractivity (Wildman–Crippen MR) is 66.2 cm³/mol. The van der Waals surface area contributed by atoms with Gasteiger partial charge in [0.15, 0.2) is 0 Å². The van der Waals surface area contributed by atoms with E-state index in [1.807, 2.05) is 6.92 Å². The van der Waals surface area contributed by atoms with Gasteiger partial charge in [-0.1, -0.05) is 0 Å². The zero-order valence-electron chi connectivity index (χ0n) is 10.2. The minimum atomic E-state index is -1.02. The van der Waals surface area contributed by atoms with E-state index in [0.717, 1.165) is 6.42 Å². The van der Waals surface area contributed by atoms with Crippen LogP contribution >= 0.6 is 0 Å². The number of amides is 1. The van der Waals surface area contributed by atoms with Crippen molar-refractivity contribution < 1.29 is 19.4 Å². The Kier molecular flexibility index (Phi) is 3.50. The van der Waals surface area contributed by atoms with E-state index in [1.165, 1.54) is 12.1 Å². The molecule has 1 aromatic rings. The van der Waals surface area contributed by atoms with Crippen LogP contribution in [0.3, 0.4) is 0 Å². The molecule has 5 nitrogen and oxygen atoms in total. The van der Waals surface area contributed by atoms with Crippen LogP contribution in [0.4, 0.5) is 5.69 Å². The summed E-state index contributed by atoms with van der Waals surface area (Å²) in [5.41, 5.74) is 0.733. The van der Waals surface area contributed by atoms with E-state index in [9.17, 15) is 9.59 Å². The molecular formula is C13H15NO4. The molecule has 0 aliphatic carbocycles. The molecule has 18 heavy (non-hydrogen) atoms. The summed E-state index contributed by atoms with van der Waals surface area (Å²) in [5.74, 6) is -0.517. The molecule has 96 valence electrons. The molecule has 5 heteroatoms. The molecule has 1 heterocycles. The fourth-order valence-corrected chi connectivity index (χ4v) is 2.03. The number of hydrogen-bond donors (Lipinski definition) is 1. The third-order valence-corrected chi connectivity index (χ3v) is 2.83. The molecule has 0 spiro atoms. The van der Waals surface area contributed by atoms with Gasteiger partial charge in [0, 0.05) is 24.7 Å². The summed E-state index contributed by atoms with van der Waals surface area (Å²) < 4.78 is 5.33. The monoisotopic (exact) mass is 249 g/mol. The second kappa shape index (κ2) is 5.08. The van der Waals surface area contributed by atoms with Gasteiger partial charge in [0.1, 0.15) is 5.75 Å². The molecule has 1 saturated heterocycles. The highest BCUT2D eigenvalue weighted by atomic mass is 16.5. The SMILES string of the molecule is CCOc1cc(C(=O)O)cc(N2CCCC2=O)c1. The maximum Gasteiger partial charge on any atom is 0.335 e. The Morgan fingerprint density at radius 3 is 2.78 bits per heavy atom. The van der Waals surface area contributed by atoms with Gasteiger partial charge in [0.2, 0.25) is 5.91 Å². The average Bonchev–Trinajstić information content (AvgIpc) is 2.75. The molecule has 1 aliphatic rings. The lowest BCUT2D eigenvalue weighted by atomic mass is 10.1. The van der Waals surface area contributed by atoms with Crippen molar-refractivity contribution in [2.45, 2.75) is 19.8 Å². The molecule has 0 aromatic heterocycles. The van der Waals surface area contributed by atoms with E-state index < -0.39 is 5.97 Å². The molecule has 1 amide bonds. The topological polar surface area (TPSA) is 66.8 Å². The van der Waals surface area contributed by atoms with Crippen molar-refractivity contribution in [3.63, 3.8) is 0 Å². The van der Waals surface area contributed by atoms with Gasteiger partial charge in [-0.2, -0.15) is 0 Å². The predicted octanol–water partition coefficient (Wildman–Crippen LogP) is 1.91. The van der Waals surface area contributed by atoms with Crippen LogP contribution in [0.1, 0.15) is 30.1 Å². The van der Waals surface area contributed by atoms with Crippen LogP contribution in [0.25, 0.3) is 0 Å². The van der Waals surface area contributed by atoms with Crippen LogP contribution in [0.15, 0.2) is 18.2 Å². The maximum atomic E-state index is 11.7. The van der Waals surface area contributed by atoms with Crippen molar-refractivity contribution in [1.82, 2.24) is 0 Å². The summed E-state index contributed by atoms with van der Waals surface area (Å²) in [4.78, 5) is 24.3. The van der Waals surface area contributed by atoms with Crippen LogP contribution in [0.5, 0.6) is 5.75 Å². The van der Waals surface area contributed by atoms with Gasteiger partial charge in [0.05, 0.1) is 12.2 Å². The Balaban J connectivity index is 2.39. The molecule has 1 fully saturated rings. The second-order valence-corrected chi connectivity index (χ2v) is 4.10. The number of benzene rings is 1. The highest BCUT2D eigenvalue weighted by Gasteiger charge is 2.23. The molecular weight excluding hydrogens is 234 g/mol. The second-order valence-electron chi connectivity index (χ2n) is 4.10. The van der Waals surface area contributed by atoms with Gasteiger partial charge in [-0.25, -0.2) is 4.79 Å². The molecule has 0 bridgehead atoms. The number of carboxylic acids is 1. The minimum Gasteiger partial charge on any atom is -0.494 e. The number of carbonyl (C=O) groups excluding carboxylic acids is 1. The van der Waals surface area contributed by atoms with Crippen LogP contribution < -0.4 is 9.64 Å². The summed E-state index contributed by atoms with van der Waals surface area (Å²) >= 11 is 0. The molecule has 0 unspecified atom stereocenters. The van der Waals surface area contributed by atoms with Crippen molar-refractivity contribution in [3.8, 4) is 5.75 Å². The van der Waals surface area contributed by atoms with Crippen molar-refractivity contribution >= 4 is 17.6 Å². The van der Waals surface area contributed by atoms with Crippen molar-refractivity contribution in [3.05, 3.63) is 23.8 Å². The molecule has 0 radical (unpaired) electrons. The Hall–Kier alpha value is -2.04. The number of ether oxygens (including phenoxy) is 1. The van der Waals surface area contributed by atoms with Crippen LogP contribution in [0, 0.1) is 0 Å². The van der Waals surface area contributed by atoms with E-state index >= 15 is 0 Å². The van der Waals surface area contributed by atoms with Gasteiger partial charge < -0.3 is 14.7 Å². The Morgan fingerprint density at radius 1 is 1.44 bits per heavy atom. The first kappa shape index (κ1) is 12.4. The molecule has 1 aliphatic heterocycles. The number of anilines is 1. The zero-order valence-corrected chi connectivity index (χ0v) is 10.2. The number of rotatable bonds is 4. The Bertz CT molecular complexity index is 484. The quantitative estimate of drug-likeness (QED) is 0.885. The average molecular weight is 249 g/mol. The Labute approximate surface area is 105 Å². The molecule has 0 saturated carbocycles. The molecule has 0 atom stereocenters. The maximum absolute atomic E-state index is 11.7. The van der Waals surface area contributed by atoms with E-state index in [-0.39, 0.29) is 11.5 Å². The number of carboxylic acid groups (broad SMARTS) is 1. The lowest BCUT2D eigenvalue weighted by molar-refractivity contribution is -0.117. The lowest BCUT2D eigenvalue weighted by Gasteiger charge is -2.17. The van der Waals surface area contributed by atoms with Crippen molar-refractivity contribution in [2.24, 2.45) is 0 Å². The largest absolute Gasteiger partial charge is 0.494 e. The van der Waals surface area contributed by atoms with Crippen LogP contribution in [-0.4, -0.2) is 30.1 Å². The van der Waals surface area contributed by atoms with Crippen molar-refractivity contribution in [1.29, 1.82) is 0 Å². The number of carbonyl (C=O) groups is 2. The number of aromatic carboxylic acids is 1. The first-order valence-corrected chi connectivity index (χ1v) is 5.93. The summed E-state index contributed by atoms with van der Waals surface area (Å²) in [6.45, 7) is 2.91. The minimum absolute atomic E-state index is 0.0278. The van der Waals surface area contributed by atoms with E-state index in [0.29, 0.717) is 31.0 Å². The van der Waals surface area contributed by atoms with Gasteiger partial charge >= 0.3 is 5.97 Å². The summed E-state index contributed by atoms with van der Waals surface area (Å²) in [5, 5.41) is 9.05. The number of nitrogens with zero attached hydrogens (tertiary/aromatic N) is 1. The summed E-state index contributed by atoms with van der Waals surface area (Å²) in [7, 11) is 0. The first-order chi connectivity index (χ1) is 8.61. The molecule has 1 N–H and O–H groups in total. The van der Waals surface area contributed by atoms with E-state index in [2.05, 4.69) is 0 Å². The third-order valence-electron chi connectivity index (χ3n) is 2.83. The van der Waals surface area contributed by atoms with Crippen LogP contribution in [-0.2, 0) is 4.79 Å². The van der Waals surface area contributed by atoms with Crippen LogP contribution in [0.2, 0.25) is 0 Å². The first-order valence-electron chi connectivity index (χ1n) is 5.93. The van der Waals surface area contributed by atoms with Gasteiger partial charge in [-0.3, -0.25) is 4.79 Å². The molecule has 2 rings (SSSR count). The summed E-state index contributed by atoms with van der Waals surface area (Å²) in [6, 6.07) is 4.68. The highest BCUT2D eigenvalue weighted by Crippen LogP contribution is 2.27. The standard InChI is InChI=1S/C13H15NO4/c1-2-18-11-7-9(13(16)17)6-10(8-11)14-5-3-4-12(14)15/h6-8H,2-5H2,1H3,(H,16,17). The van der Waals surface area contributed by atoms with Gasteiger partial charge in [-0.05, 0) is 25.5 Å². The molecule has 1 aromatic carbocycles. The normalized spacial score (nSPS) is 14.9. The highest BCUT2D eigenvalue weighted by molar-refractivity contribution is 5.97. The zero-order chi connectivity index (χ0) is 13.1. The fraction of sp³-hybridized carbons (Fsp3) is 0.385.